The fourth-order valence-corrected chi connectivity index (χ4v) is 2.92. The Labute approximate surface area is 112 Å². The summed E-state index contributed by atoms with van der Waals surface area (Å²) in [5.74, 6) is -0.259. The first kappa shape index (κ1) is 12.5. The molecule has 0 amide bonds. The number of aryl methyl sites for hydroxylation is 1. The lowest BCUT2D eigenvalue weighted by atomic mass is 9.98. The molecule has 1 fully saturated rings. The van der Waals surface area contributed by atoms with E-state index in [-0.39, 0.29) is 5.76 Å². The van der Waals surface area contributed by atoms with Gasteiger partial charge in [-0.25, -0.2) is 4.79 Å². The van der Waals surface area contributed by atoms with Gasteiger partial charge < -0.3 is 9.73 Å². The van der Waals surface area contributed by atoms with Crippen LogP contribution in [0.1, 0.15) is 31.7 Å². The minimum absolute atomic E-state index is 0.259. The van der Waals surface area contributed by atoms with Crippen LogP contribution in [-0.4, -0.2) is 17.2 Å². The molecule has 1 unspecified atom stereocenters. The Kier molecular flexibility index (Phi) is 3.42. The summed E-state index contributed by atoms with van der Waals surface area (Å²) in [6.07, 6.45) is 4.86. The zero-order valence-corrected chi connectivity index (χ0v) is 11.3. The molecule has 2 heterocycles. The molecule has 1 saturated heterocycles. The molecule has 2 aromatic rings. The highest BCUT2D eigenvalue weighted by molar-refractivity contribution is 5.73. The minimum atomic E-state index is -0.259. The molecule has 1 aromatic heterocycles. The molecule has 1 aromatic carbocycles. The monoisotopic (exact) mass is 260 g/mol. The summed E-state index contributed by atoms with van der Waals surface area (Å²) in [5.41, 5.74) is 2.88. The van der Waals surface area contributed by atoms with Gasteiger partial charge in [0.25, 0.3) is 0 Å². The Hall–Kier alpha value is -1.55. The standard InChI is InChI=1S/C15H20N2O2/c1-2-17-13-10-11(6-7-14(13)19-15(17)18)9-12-5-3-4-8-16-12/h6-7,10,12,16H,2-5,8-9H2,1H3. The Morgan fingerprint density at radius 3 is 3.05 bits per heavy atom. The predicted molar refractivity (Wildman–Crippen MR) is 75.5 cm³/mol. The molecule has 0 spiro atoms. The second-order valence-electron chi connectivity index (χ2n) is 5.27. The number of piperidine rings is 1. The number of fused-ring (bicyclic) bond motifs is 1. The van der Waals surface area contributed by atoms with E-state index < -0.39 is 0 Å². The third-order valence-electron chi connectivity index (χ3n) is 3.94. The Morgan fingerprint density at radius 1 is 1.42 bits per heavy atom. The van der Waals surface area contributed by atoms with E-state index in [1.54, 1.807) is 4.57 Å². The fraction of sp³-hybridized carbons (Fsp3) is 0.533. The van der Waals surface area contributed by atoms with Gasteiger partial charge in [-0.3, -0.25) is 4.57 Å². The number of oxazole rings is 1. The molecule has 1 atom stereocenters. The highest BCUT2D eigenvalue weighted by atomic mass is 16.4. The quantitative estimate of drug-likeness (QED) is 0.921. The van der Waals surface area contributed by atoms with Crippen LogP contribution in [0, 0.1) is 0 Å². The van der Waals surface area contributed by atoms with E-state index in [0.29, 0.717) is 18.2 Å². The number of aromatic nitrogens is 1. The molecule has 1 aliphatic heterocycles. The maximum atomic E-state index is 11.7. The van der Waals surface area contributed by atoms with Gasteiger partial charge in [-0.2, -0.15) is 0 Å². The number of hydrogen-bond acceptors (Lipinski definition) is 3. The molecule has 102 valence electrons. The number of nitrogens with zero attached hydrogens (tertiary/aromatic N) is 1. The SMILES string of the molecule is CCn1c(=O)oc2ccc(CC3CCCCN3)cc21. The summed E-state index contributed by atoms with van der Waals surface area (Å²) in [6.45, 7) is 3.74. The van der Waals surface area contributed by atoms with E-state index in [2.05, 4.69) is 17.4 Å². The second kappa shape index (κ2) is 5.21. The van der Waals surface area contributed by atoms with Crippen LogP contribution in [0.2, 0.25) is 0 Å². The van der Waals surface area contributed by atoms with Crippen molar-refractivity contribution in [1.82, 2.24) is 9.88 Å². The van der Waals surface area contributed by atoms with Crippen LogP contribution < -0.4 is 11.1 Å². The van der Waals surface area contributed by atoms with Crippen molar-refractivity contribution in [2.75, 3.05) is 6.54 Å². The fourth-order valence-electron chi connectivity index (χ4n) is 2.92. The van der Waals surface area contributed by atoms with Crippen LogP contribution in [0.15, 0.2) is 27.4 Å². The van der Waals surface area contributed by atoms with Crippen molar-refractivity contribution in [3.8, 4) is 0 Å². The van der Waals surface area contributed by atoms with Gasteiger partial charge in [0.1, 0.15) is 0 Å². The average Bonchev–Trinajstić information content (AvgIpc) is 2.74. The molecule has 0 radical (unpaired) electrons. The molecular formula is C15H20N2O2. The summed E-state index contributed by atoms with van der Waals surface area (Å²) in [5, 5.41) is 3.56. The molecule has 0 bridgehead atoms. The lowest BCUT2D eigenvalue weighted by Gasteiger charge is -2.23. The van der Waals surface area contributed by atoms with Gasteiger partial charge in [-0.05, 0) is 50.4 Å². The van der Waals surface area contributed by atoms with Crippen molar-refractivity contribution in [2.24, 2.45) is 0 Å². The van der Waals surface area contributed by atoms with E-state index in [0.717, 1.165) is 18.5 Å². The number of benzene rings is 1. The van der Waals surface area contributed by atoms with E-state index in [4.69, 9.17) is 4.42 Å². The second-order valence-corrected chi connectivity index (χ2v) is 5.27. The van der Waals surface area contributed by atoms with E-state index in [1.807, 2.05) is 13.0 Å². The average molecular weight is 260 g/mol. The summed E-state index contributed by atoms with van der Waals surface area (Å²) in [4.78, 5) is 11.7. The van der Waals surface area contributed by atoms with Crippen molar-refractivity contribution in [3.05, 3.63) is 34.3 Å². The first-order chi connectivity index (χ1) is 9.28. The van der Waals surface area contributed by atoms with Crippen LogP contribution >= 0.6 is 0 Å². The lowest BCUT2D eigenvalue weighted by Crippen LogP contribution is -2.35. The van der Waals surface area contributed by atoms with E-state index >= 15 is 0 Å². The highest BCUT2D eigenvalue weighted by Crippen LogP contribution is 2.18. The summed E-state index contributed by atoms with van der Waals surface area (Å²) in [7, 11) is 0. The van der Waals surface area contributed by atoms with E-state index in [1.165, 1.54) is 24.8 Å². The maximum absolute atomic E-state index is 11.7. The van der Waals surface area contributed by atoms with Crippen molar-refractivity contribution in [3.63, 3.8) is 0 Å². The Bertz CT molecular complexity index is 621. The van der Waals surface area contributed by atoms with Crippen LogP contribution in [0.3, 0.4) is 0 Å². The van der Waals surface area contributed by atoms with Crippen LogP contribution in [0.5, 0.6) is 0 Å². The molecule has 0 aliphatic carbocycles. The highest BCUT2D eigenvalue weighted by Gasteiger charge is 2.14. The van der Waals surface area contributed by atoms with Crippen LogP contribution in [0.25, 0.3) is 11.1 Å². The first-order valence-electron chi connectivity index (χ1n) is 7.13. The third-order valence-corrected chi connectivity index (χ3v) is 3.94. The molecule has 0 saturated carbocycles. The van der Waals surface area contributed by atoms with Gasteiger partial charge in [0.15, 0.2) is 5.58 Å². The topological polar surface area (TPSA) is 47.2 Å². The van der Waals surface area contributed by atoms with Gasteiger partial charge in [0, 0.05) is 12.6 Å². The summed E-state index contributed by atoms with van der Waals surface area (Å²) >= 11 is 0. The number of nitrogens with one attached hydrogen (secondary N) is 1. The van der Waals surface area contributed by atoms with Crippen molar-refractivity contribution < 1.29 is 4.42 Å². The van der Waals surface area contributed by atoms with Gasteiger partial charge in [0.05, 0.1) is 5.52 Å². The molecule has 1 aliphatic rings. The van der Waals surface area contributed by atoms with Gasteiger partial charge in [0.2, 0.25) is 0 Å². The first-order valence-corrected chi connectivity index (χ1v) is 7.13. The molecule has 4 nitrogen and oxygen atoms in total. The Balaban J connectivity index is 1.89. The number of rotatable bonds is 3. The molecule has 19 heavy (non-hydrogen) atoms. The normalized spacial score (nSPS) is 19.9. The minimum Gasteiger partial charge on any atom is -0.408 e. The lowest BCUT2D eigenvalue weighted by molar-refractivity contribution is 0.399. The molecule has 4 heteroatoms. The van der Waals surface area contributed by atoms with Gasteiger partial charge in [-0.1, -0.05) is 12.5 Å². The zero-order valence-electron chi connectivity index (χ0n) is 11.3. The van der Waals surface area contributed by atoms with Crippen molar-refractivity contribution >= 4 is 11.1 Å². The van der Waals surface area contributed by atoms with E-state index in [9.17, 15) is 4.79 Å². The largest absolute Gasteiger partial charge is 0.419 e. The molecule has 3 rings (SSSR count). The van der Waals surface area contributed by atoms with Crippen LogP contribution in [0.4, 0.5) is 0 Å². The summed E-state index contributed by atoms with van der Waals surface area (Å²) in [6, 6.07) is 6.66. The summed E-state index contributed by atoms with van der Waals surface area (Å²) < 4.78 is 6.91. The maximum Gasteiger partial charge on any atom is 0.419 e. The van der Waals surface area contributed by atoms with Crippen molar-refractivity contribution in [2.45, 2.75) is 45.2 Å². The van der Waals surface area contributed by atoms with Gasteiger partial charge in [-0.15, -0.1) is 0 Å². The van der Waals surface area contributed by atoms with Crippen LogP contribution in [-0.2, 0) is 13.0 Å². The Morgan fingerprint density at radius 2 is 2.32 bits per heavy atom. The van der Waals surface area contributed by atoms with Gasteiger partial charge >= 0.3 is 5.76 Å². The zero-order chi connectivity index (χ0) is 13.2. The number of hydrogen-bond donors (Lipinski definition) is 1. The van der Waals surface area contributed by atoms with Crippen molar-refractivity contribution in [1.29, 1.82) is 0 Å². The molecular weight excluding hydrogens is 240 g/mol. The smallest absolute Gasteiger partial charge is 0.408 e. The molecule has 1 N–H and O–H groups in total. The predicted octanol–water partition coefficient (Wildman–Crippen LogP) is 2.30. The third kappa shape index (κ3) is 2.45.